The van der Waals surface area contributed by atoms with Crippen LogP contribution in [0.15, 0.2) is 35.1 Å². The molecule has 4 rings (SSSR count). The van der Waals surface area contributed by atoms with Crippen LogP contribution in [0.1, 0.15) is 16.7 Å². The van der Waals surface area contributed by atoms with Gasteiger partial charge in [0.1, 0.15) is 5.82 Å². The Hall–Kier alpha value is -1.99. The number of nitrogens with one attached hydrogen (secondary N) is 1. The molecule has 0 unspecified atom stereocenters. The van der Waals surface area contributed by atoms with Crippen LogP contribution >= 0.6 is 15.9 Å². The molecule has 0 radical (unpaired) electrons. The van der Waals surface area contributed by atoms with E-state index >= 15 is 0 Å². The molecule has 0 spiro atoms. The second-order valence-corrected chi connectivity index (χ2v) is 6.25. The van der Waals surface area contributed by atoms with Gasteiger partial charge in [-0.05, 0) is 57.6 Å². The predicted octanol–water partition coefficient (Wildman–Crippen LogP) is 2.61. The highest BCUT2D eigenvalue weighted by atomic mass is 79.9. The summed E-state index contributed by atoms with van der Waals surface area (Å²) in [5, 5.41) is 15.7. The summed E-state index contributed by atoms with van der Waals surface area (Å²) in [4.78, 5) is 0. The number of anilines is 1. The molecule has 1 aliphatic rings. The Kier molecular flexibility index (Phi) is 3.97. The fourth-order valence-corrected chi connectivity index (χ4v) is 3.10. The number of hydrogen-bond acceptors (Lipinski definition) is 5. The number of aromatic nitrogens is 4. The van der Waals surface area contributed by atoms with Gasteiger partial charge in [0.25, 0.3) is 0 Å². The maximum atomic E-state index is 5.48. The van der Waals surface area contributed by atoms with E-state index in [0.717, 1.165) is 44.1 Å². The third kappa shape index (κ3) is 3.07. The summed E-state index contributed by atoms with van der Waals surface area (Å²) in [5.41, 5.74) is 4.79. The smallest absolute Gasteiger partial charge is 0.221 e. The molecular weight excluding hydrogens is 358 g/mol. The summed E-state index contributed by atoms with van der Waals surface area (Å²) < 4.78 is 7.75. The minimum Gasteiger partial charge on any atom is -0.376 e. The first-order valence-electron chi connectivity index (χ1n) is 7.60. The van der Waals surface area contributed by atoms with Gasteiger partial charge in [-0.3, -0.25) is 0 Å². The van der Waals surface area contributed by atoms with E-state index in [0.29, 0.717) is 4.73 Å². The minimum absolute atomic E-state index is 0.605. The van der Waals surface area contributed by atoms with Crippen molar-refractivity contribution in [2.24, 2.45) is 0 Å². The van der Waals surface area contributed by atoms with Crippen LogP contribution in [-0.2, 0) is 24.2 Å². The van der Waals surface area contributed by atoms with Crippen molar-refractivity contribution < 1.29 is 4.74 Å². The lowest BCUT2D eigenvalue weighted by Crippen LogP contribution is -2.11. The van der Waals surface area contributed by atoms with E-state index < -0.39 is 0 Å². The van der Waals surface area contributed by atoms with Gasteiger partial charge in [0, 0.05) is 6.54 Å². The maximum absolute atomic E-state index is 5.48. The van der Waals surface area contributed by atoms with Crippen molar-refractivity contribution in [1.82, 2.24) is 19.8 Å². The monoisotopic (exact) mass is 373 g/mol. The molecule has 3 aromatic rings. The fraction of sp³-hybridized carbons (Fsp3) is 0.312. The maximum Gasteiger partial charge on any atom is 0.221 e. The largest absolute Gasteiger partial charge is 0.376 e. The van der Waals surface area contributed by atoms with Crippen molar-refractivity contribution in [3.05, 3.63) is 51.8 Å². The lowest BCUT2D eigenvalue weighted by atomic mass is 9.99. The van der Waals surface area contributed by atoms with Crippen molar-refractivity contribution in [3.8, 4) is 0 Å². The molecule has 2 aromatic heterocycles. The number of hydrogen-bond donors (Lipinski definition) is 1. The van der Waals surface area contributed by atoms with Gasteiger partial charge in [-0.1, -0.05) is 18.2 Å². The molecule has 0 saturated carbocycles. The van der Waals surface area contributed by atoms with Crippen molar-refractivity contribution in [2.45, 2.75) is 19.4 Å². The Balaban J connectivity index is 1.41. The van der Waals surface area contributed by atoms with Gasteiger partial charge in [-0.2, -0.15) is 4.52 Å². The molecule has 0 bridgehead atoms. The number of halogens is 1. The van der Waals surface area contributed by atoms with Crippen LogP contribution in [0, 0.1) is 0 Å². The van der Waals surface area contributed by atoms with Crippen LogP contribution in [0.2, 0.25) is 0 Å². The van der Waals surface area contributed by atoms with E-state index in [1.54, 1.807) is 4.52 Å². The normalized spacial score (nSPS) is 14.0. The van der Waals surface area contributed by atoms with Crippen molar-refractivity contribution >= 4 is 27.4 Å². The van der Waals surface area contributed by atoms with E-state index in [9.17, 15) is 0 Å². The molecule has 3 heterocycles. The standard InChI is InChI=1S/C16H16BrN5O/c17-16-20-19-15-4-3-14(21-22(15)16)18-7-5-11-1-2-13-10-23-8-6-12(13)9-11/h1-4,9H,5-8,10H2,(H,18,21). The number of rotatable bonds is 4. The average molecular weight is 374 g/mol. The average Bonchev–Trinajstić information content (AvgIpc) is 2.96. The predicted molar refractivity (Wildman–Crippen MR) is 90.5 cm³/mol. The summed E-state index contributed by atoms with van der Waals surface area (Å²) >= 11 is 3.33. The summed E-state index contributed by atoms with van der Waals surface area (Å²) in [6.07, 6.45) is 1.97. The highest BCUT2D eigenvalue weighted by Crippen LogP contribution is 2.18. The molecular formula is C16H16BrN5O. The molecule has 0 aliphatic carbocycles. The van der Waals surface area contributed by atoms with Crippen LogP contribution in [0.25, 0.3) is 5.65 Å². The zero-order chi connectivity index (χ0) is 15.6. The Morgan fingerprint density at radius 1 is 1.17 bits per heavy atom. The highest BCUT2D eigenvalue weighted by Gasteiger charge is 2.09. The van der Waals surface area contributed by atoms with Crippen LogP contribution < -0.4 is 5.32 Å². The molecule has 1 aromatic carbocycles. The minimum atomic E-state index is 0.605. The molecule has 1 N–H and O–H groups in total. The molecule has 118 valence electrons. The van der Waals surface area contributed by atoms with Crippen LogP contribution in [0.3, 0.4) is 0 Å². The fourth-order valence-electron chi connectivity index (χ4n) is 2.76. The highest BCUT2D eigenvalue weighted by molar-refractivity contribution is 9.10. The molecule has 0 fully saturated rings. The van der Waals surface area contributed by atoms with Crippen LogP contribution in [0.5, 0.6) is 0 Å². The first-order valence-corrected chi connectivity index (χ1v) is 8.39. The van der Waals surface area contributed by atoms with Gasteiger partial charge in [0.2, 0.25) is 4.73 Å². The molecule has 6 nitrogen and oxygen atoms in total. The van der Waals surface area contributed by atoms with Crippen molar-refractivity contribution in [1.29, 1.82) is 0 Å². The van der Waals surface area contributed by atoms with Gasteiger partial charge < -0.3 is 10.1 Å². The van der Waals surface area contributed by atoms with E-state index in [2.05, 4.69) is 54.7 Å². The Labute approximate surface area is 142 Å². The van der Waals surface area contributed by atoms with E-state index in [4.69, 9.17) is 4.74 Å². The number of ether oxygens (including phenoxy) is 1. The Bertz CT molecular complexity index is 848. The molecule has 0 saturated heterocycles. The van der Waals surface area contributed by atoms with Gasteiger partial charge in [-0.25, -0.2) is 0 Å². The van der Waals surface area contributed by atoms with Gasteiger partial charge in [-0.15, -0.1) is 15.3 Å². The summed E-state index contributed by atoms with van der Waals surface area (Å²) in [5.74, 6) is 0.810. The first kappa shape index (κ1) is 14.6. The molecule has 0 atom stereocenters. The molecule has 1 aliphatic heterocycles. The van der Waals surface area contributed by atoms with Crippen molar-refractivity contribution in [3.63, 3.8) is 0 Å². The molecule has 0 amide bonds. The van der Waals surface area contributed by atoms with Gasteiger partial charge in [0.05, 0.1) is 13.2 Å². The van der Waals surface area contributed by atoms with Crippen LogP contribution in [0.4, 0.5) is 5.82 Å². The summed E-state index contributed by atoms with van der Waals surface area (Å²) in [6, 6.07) is 10.5. The second kappa shape index (κ2) is 6.25. The third-order valence-corrected chi connectivity index (χ3v) is 4.48. The number of fused-ring (bicyclic) bond motifs is 2. The zero-order valence-electron chi connectivity index (χ0n) is 12.5. The summed E-state index contributed by atoms with van der Waals surface area (Å²) in [7, 11) is 0. The van der Waals surface area contributed by atoms with Crippen LogP contribution in [-0.4, -0.2) is 33.0 Å². The van der Waals surface area contributed by atoms with E-state index in [1.165, 1.54) is 16.7 Å². The second-order valence-electron chi connectivity index (χ2n) is 5.54. The van der Waals surface area contributed by atoms with E-state index in [-0.39, 0.29) is 0 Å². The zero-order valence-corrected chi connectivity index (χ0v) is 14.1. The summed E-state index contributed by atoms with van der Waals surface area (Å²) in [6.45, 7) is 2.39. The van der Waals surface area contributed by atoms with Gasteiger partial charge in [0.15, 0.2) is 5.65 Å². The molecule has 23 heavy (non-hydrogen) atoms. The van der Waals surface area contributed by atoms with Gasteiger partial charge >= 0.3 is 0 Å². The third-order valence-electron chi connectivity index (χ3n) is 3.99. The Morgan fingerprint density at radius 2 is 2.13 bits per heavy atom. The number of nitrogens with zero attached hydrogens (tertiary/aromatic N) is 4. The quantitative estimate of drug-likeness (QED) is 0.761. The van der Waals surface area contributed by atoms with E-state index in [1.807, 2.05) is 12.1 Å². The Morgan fingerprint density at radius 3 is 3.09 bits per heavy atom. The lowest BCUT2D eigenvalue weighted by molar-refractivity contribution is 0.110. The lowest BCUT2D eigenvalue weighted by Gasteiger charge is -2.17. The number of benzene rings is 1. The molecule has 7 heteroatoms. The topological polar surface area (TPSA) is 64.3 Å². The SMILES string of the molecule is Brc1nnc2ccc(NCCc3ccc4c(c3)CCOC4)nn12. The van der Waals surface area contributed by atoms with Crippen molar-refractivity contribution in [2.75, 3.05) is 18.5 Å². The first-order chi connectivity index (χ1) is 11.3.